The molecule has 3 aromatic rings. The summed E-state index contributed by atoms with van der Waals surface area (Å²) in [6.45, 7) is 3.20. The van der Waals surface area contributed by atoms with Crippen LogP contribution in [0.15, 0.2) is 54.7 Å². The van der Waals surface area contributed by atoms with Crippen LogP contribution in [0.25, 0.3) is 10.9 Å². The first-order chi connectivity index (χ1) is 12.3. The summed E-state index contributed by atoms with van der Waals surface area (Å²) < 4.78 is 18.9. The number of nitrogens with one attached hydrogen (secondary N) is 2. The number of H-pyrrole nitrogens is 1. The zero-order chi connectivity index (χ0) is 17.1. The molecular weight excluding hydrogens is 315 g/mol. The highest BCUT2D eigenvalue weighted by Crippen LogP contribution is 2.34. The summed E-state index contributed by atoms with van der Waals surface area (Å²) in [5.41, 5.74) is 3.67. The van der Waals surface area contributed by atoms with Crippen LogP contribution >= 0.6 is 0 Å². The molecule has 1 saturated heterocycles. The van der Waals surface area contributed by atoms with Gasteiger partial charge in [-0.1, -0.05) is 24.3 Å². The molecule has 0 atom stereocenters. The van der Waals surface area contributed by atoms with Crippen LogP contribution in [0.5, 0.6) is 0 Å². The van der Waals surface area contributed by atoms with Gasteiger partial charge in [0, 0.05) is 48.8 Å². The highest BCUT2D eigenvalue weighted by molar-refractivity contribution is 5.82. The third-order valence-electron chi connectivity index (χ3n) is 5.37. The number of fused-ring (bicyclic) bond motifs is 1. The Hall–Kier alpha value is -2.17. The quantitative estimate of drug-likeness (QED) is 0.733. The summed E-state index contributed by atoms with van der Waals surface area (Å²) in [5.74, 6) is -0.182. The minimum Gasteiger partial charge on any atom is -0.381 e. The van der Waals surface area contributed by atoms with E-state index >= 15 is 0 Å². The Labute approximate surface area is 147 Å². The van der Waals surface area contributed by atoms with Crippen molar-refractivity contribution in [3.05, 3.63) is 71.7 Å². The molecule has 1 aliphatic heterocycles. The Morgan fingerprint density at radius 2 is 1.84 bits per heavy atom. The number of aromatic nitrogens is 1. The van der Waals surface area contributed by atoms with Crippen LogP contribution in [-0.4, -0.2) is 24.7 Å². The summed E-state index contributed by atoms with van der Waals surface area (Å²) in [4.78, 5) is 3.26. The lowest BCUT2D eigenvalue weighted by Gasteiger charge is -2.38. The van der Waals surface area contributed by atoms with Gasteiger partial charge < -0.3 is 15.0 Å². The molecule has 3 nitrogen and oxygen atoms in total. The van der Waals surface area contributed by atoms with Gasteiger partial charge in [-0.25, -0.2) is 4.39 Å². The van der Waals surface area contributed by atoms with Crippen LogP contribution in [0.2, 0.25) is 0 Å². The number of hydrogen-bond acceptors (Lipinski definition) is 2. The summed E-state index contributed by atoms with van der Waals surface area (Å²) in [6.07, 6.45) is 3.90. The molecule has 1 aliphatic rings. The van der Waals surface area contributed by atoms with Crippen molar-refractivity contribution in [3.63, 3.8) is 0 Å². The normalized spacial score (nSPS) is 17.0. The van der Waals surface area contributed by atoms with E-state index < -0.39 is 0 Å². The smallest absolute Gasteiger partial charge is 0.123 e. The lowest BCUT2D eigenvalue weighted by atomic mass is 9.74. The Bertz CT molecular complexity index is 834. The van der Waals surface area contributed by atoms with Gasteiger partial charge >= 0.3 is 0 Å². The van der Waals surface area contributed by atoms with Crippen LogP contribution in [0.1, 0.15) is 24.0 Å². The largest absolute Gasteiger partial charge is 0.381 e. The molecule has 0 bridgehead atoms. The van der Waals surface area contributed by atoms with Crippen molar-refractivity contribution in [2.75, 3.05) is 19.8 Å². The van der Waals surface area contributed by atoms with Crippen LogP contribution in [0.3, 0.4) is 0 Å². The van der Waals surface area contributed by atoms with E-state index in [1.807, 2.05) is 18.3 Å². The maximum Gasteiger partial charge on any atom is 0.123 e. The molecule has 25 heavy (non-hydrogen) atoms. The first kappa shape index (κ1) is 16.3. The van der Waals surface area contributed by atoms with Crippen molar-refractivity contribution >= 4 is 10.9 Å². The first-order valence-corrected chi connectivity index (χ1v) is 8.86. The molecule has 1 aromatic heterocycles. The molecule has 2 heterocycles. The van der Waals surface area contributed by atoms with Crippen molar-refractivity contribution in [2.45, 2.75) is 24.8 Å². The first-order valence-electron chi connectivity index (χ1n) is 8.86. The van der Waals surface area contributed by atoms with E-state index in [9.17, 15) is 4.39 Å². The number of aromatic amines is 1. The van der Waals surface area contributed by atoms with E-state index in [-0.39, 0.29) is 11.2 Å². The zero-order valence-corrected chi connectivity index (χ0v) is 14.2. The number of benzene rings is 2. The topological polar surface area (TPSA) is 37.0 Å². The van der Waals surface area contributed by atoms with Crippen LogP contribution in [-0.2, 0) is 16.7 Å². The van der Waals surface area contributed by atoms with E-state index in [2.05, 4.69) is 34.6 Å². The average Bonchev–Trinajstić information content (AvgIpc) is 3.13. The zero-order valence-electron chi connectivity index (χ0n) is 14.2. The van der Waals surface area contributed by atoms with Gasteiger partial charge in [0.25, 0.3) is 0 Å². The maximum atomic E-state index is 13.3. The lowest BCUT2D eigenvalue weighted by Crippen LogP contribution is -2.42. The van der Waals surface area contributed by atoms with Crippen LogP contribution in [0, 0.1) is 5.82 Å². The van der Waals surface area contributed by atoms with Crippen molar-refractivity contribution in [2.24, 2.45) is 0 Å². The second kappa shape index (κ2) is 6.98. The molecular formula is C21H23FN2O. The highest BCUT2D eigenvalue weighted by Gasteiger charge is 2.34. The van der Waals surface area contributed by atoms with E-state index in [1.165, 1.54) is 22.0 Å². The Morgan fingerprint density at radius 3 is 2.64 bits per heavy atom. The minimum atomic E-state index is -0.182. The molecule has 0 aliphatic carbocycles. The van der Waals surface area contributed by atoms with Crippen LogP contribution in [0.4, 0.5) is 4.39 Å². The number of rotatable bonds is 5. The van der Waals surface area contributed by atoms with Crippen molar-refractivity contribution < 1.29 is 9.13 Å². The van der Waals surface area contributed by atoms with Crippen LogP contribution < -0.4 is 5.32 Å². The fourth-order valence-corrected chi connectivity index (χ4v) is 3.87. The fourth-order valence-electron chi connectivity index (χ4n) is 3.87. The third kappa shape index (κ3) is 3.32. The van der Waals surface area contributed by atoms with Gasteiger partial charge in [0.1, 0.15) is 5.82 Å². The average molecular weight is 338 g/mol. The molecule has 0 spiro atoms. The van der Waals surface area contributed by atoms with Crippen molar-refractivity contribution in [3.8, 4) is 0 Å². The molecule has 4 heteroatoms. The van der Waals surface area contributed by atoms with Crippen molar-refractivity contribution in [1.29, 1.82) is 0 Å². The van der Waals surface area contributed by atoms with Gasteiger partial charge in [0.05, 0.1) is 0 Å². The Morgan fingerprint density at radius 1 is 1.04 bits per heavy atom. The maximum absolute atomic E-state index is 13.3. The number of hydrogen-bond donors (Lipinski definition) is 2. The number of ether oxygens (including phenoxy) is 1. The minimum absolute atomic E-state index is 0.0119. The summed E-state index contributed by atoms with van der Waals surface area (Å²) in [6, 6.07) is 15.4. The van der Waals surface area contributed by atoms with Gasteiger partial charge in [0.2, 0.25) is 0 Å². The van der Waals surface area contributed by atoms with E-state index in [0.29, 0.717) is 0 Å². The molecule has 4 rings (SSSR count). The van der Waals surface area contributed by atoms with E-state index in [1.54, 1.807) is 12.1 Å². The molecule has 0 saturated carbocycles. The second-order valence-electron chi connectivity index (χ2n) is 6.86. The molecule has 0 radical (unpaired) electrons. The number of halogens is 1. The monoisotopic (exact) mass is 338 g/mol. The summed E-state index contributed by atoms with van der Waals surface area (Å²) >= 11 is 0. The van der Waals surface area contributed by atoms with Gasteiger partial charge in [-0.05, 0) is 48.2 Å². The molecule has 2 aromatic carbocycles. The predicted molar refractivity (Wildman–Crippen MR) is 98.1 cm³/mol. The molecule has 2 N–H and O–H groups in total. The third-order valence-corrected chi connectivity index (χ3v) is 5.37. The second-order valence-corrected chi connectivity index (χ2v) is 6.86. The van der Waals surface area contributed by atoms with Crippen molar-refractivity contribution in [1.82, 2.24) is 10.3 Å². The lowest BCUT2D eigenvalue weighted by molar-refractivity contribution is 0.0497. The Balaban J connectivity index is 1.51. The van der Waals surface area contributed by atoms with E-state index in [4.69, 9.17) is 4.74 Å². The highest BCUT2D eigenvalue weighted by atomic mass is 19.1. The fraction of sp³-hybridized carbons (Fsp3) is 0.333. The van der Waals surface area contributed by atoms with Gasteiger partial charge in [-0.3, -0.25) is 0 Å². The standard InChI is InChI=1S/C21H23FN2O/c22-18-6-4-17(5-7-18)21(9-12-25-13-10-21)15-23-14-16-2-1-3-20-19(16)8-11-24-20/h1-8,11,23-24H,9-10,12-15H2. The molecule has 1 fully saturated rings. The van der Waals surface area contributed by atoms with Gasteiger partial charge in [-0.2, -0.15) is 0 Å². The van der Waals surface area contributed by atoms with Gasteiger partial charge in [0.15, 0.2) is 0 Å². The molecule has 130 valence electrons. The Kier molecular flexibility index (Phi) is 4.55. The SMILES string of the molecule is Fc1ccc(C2(CNCc3cccc4[nH]ccc34)CCOCC2)cc1. The molecule has 0 amide bonds. The van der Waals surface area contributed by atoms with E-state index in [0.717, 1.165) is 39.1 Å². The van der Waals surface area contributed by atoms with Gasteiger partial charge in [-0.15, -0.1) is 0 Å². The summed E-state index contributed by atoms with van der Waals surface area (Å²) in [5, 5.41) is 4.91. The molecule has 0 unspecified atom stereocenters. The predicted octanol–water partition coefficient (Wildman–Crippen LogP) is 4.15. The summed E-state index contributed by atoms with van der Waals surface area (Å²) in [7, 11) is 0.